The molecular weight excluding hydrogens is 358 g/mol. The van der Waals surface area contributed by atoms with Gasteiger partial charge in [0.1, 0.15) is 22.5 Å². The fraction of sp³-hybridized carbons (Fsp3) is 0.316. The van der Waals surface area contributed by atoms with Crippen LogP contribution in [0.1, 0.15) is 5.56 Å². The molecule has 0 aliphatic carbocycles. The van der Waals surface area contributed by atoms with E-state index in [9.17, 15) is 20.1 Å². The maximum Gasteiger partial charge on any atom is 0.200 e. The molecule has 1 aromatic heterocycles. The summed E-state index contributed by atoms with van der Waals surface area (Å²) in [6.07, 6.45) is -0.372. The maximum absolute atomic E-state index is 12.9. The third-order valence-electron chi connectivity index (χ3n) is 5.18. The van der Waals surface area contributed by atoms with Crippen molar-refractivity contribution in [3.63, 3.8) is 0 Å². The number of phenols is 1. The third kappa shape index (κ3) is 2.23. The second kappa shape index (κ2) is 5.87. The fourth-order valence-corrected chi connectivity index (χ4v) is 3.83. The Hall–Kier alpha value is -2.28. The van der Waals surface area contributed by atoms with E-state index in [1.54, 1.807) is 12.1 Å². The highest BCUT2D eigenvalue weighted by Gasteiger charge is 2.43. The molecule has 1 atom stereocenters. The first-order valence-corrected chi connectivity index (χ1v) is 8.62. The molecule has 0 fully saturated rings. The number of para-hydroxylation sites is 1. The Labute approximate surface area is 153 Å². The summed E-state index contributed by atoms with van der Waals surface area (Å²) in [4.78, 5) is 11.6. The van der Waals surface area contributed by atoms with E-state index in [-0.39, 0.29) is 16.6 Å². The Morgan fingerprint density at radius 3 is 2.69 bits per heavy atom. The standard InChI is InChI=1S/C19H18ClNO5/c1-21-12-5-3-2-4-10(12)18(25)16-13(24)7-14-11(17(16)21)6-15(26-14)19(20,8-22)9-23/h2-5,7,15,22-24H,6,8-9H2,1H3. The number of halogens is 1. The molecular formula is C19H18ClNO5. The van der Waals surface area contributed by atoms with Crippen LogP contribution in [-0.2, 0) is 13.5 Å². The van der Waals surface area contributed by atoms with Crippen molar-refractivity contribution >= 4 is 33.4 Å². The van der Waals surface area contributed by atoms with Gasteiger partial charge >= 0.3 is 0 Å². The SMILES string of the molecule is Cn1c2ccccc2c(=O)c2c(O)cc3c(c21)CC(C(Cl)(CO)CO)O3. The van der Waals surface area contributed by atoms with Crippen LogP contribution < -0.4 is 10.2 Å². The van der Waals surface area contributed by atoms with E-state index >= 15 is 0 Å². The summed E-state index contributed by atoms with van der Waals surface area (Å²) in [6.45, 7) is -0.926. The van der Waals surface area contributed by atoms with E-state index in [2.05, 4.69) is 0 Å². The number of hydrogen-bond acceptors (Lipinski definition) is 5. The van der Waals surface area contributed by atoms with Gasteiger partial charge in [0.15, 0.2) is 0 Å². The molecule has 0 saturated carbocycles. The number of alkyl halides is 1. The molecule has 4 rings (SSSR count). The lowest BCUT2D eigenvalue weighted by Crippen LogP contribution is -2.46. The number of aromatic hydroxyl groups is 1. The molecule has 6 nitrogen and oxygen atoms in total. The Morgan fingerprint density at radius 1 is 1.31 bits per heavy atom. The lowest BCUT2D eigenvalue weighted by molar-refractivity contribution is 0.0786. The van der Waals surface area contributed by atoms with Crippen LogP contribution in [0.15, 0.2) is 35.1 Å². The number of aliphatic hydroxyl groups is 2. The minimum absolute atomic E-state index is 0.168. The number of aromatic nitrogens is 1. The van der Waals surface area contributed by atoms with Gasteiger partial charge in [-0.3, -0.25) is 4.79 Å². The molecule has 0 radical (unpaired) electrons. The molecule has 0 saturated heterocycles. The fourth-order valence-electron chi connectivity index (χ4n) is 3.70. The number of aliphatic hydroxyl groups excluding tert-OH is 2. The molecule has 1 unspecified atom stereocenters. The van der Waals surface area contributed by atoms with Crippen LogP contribution in [0, 0.1) is 0 Å². The second-order valence-corrected chi connectivity index (χ2v) is 7.42. The smallest absolute Gasteiger partial charge is 0.200 e. The Morgan fingerprint density at radius 2 is 2.00 bits per heavy atom. The molecule has 0 spiro atoms. The van der Waals surface area contributed by atoms with E-state index in [4.69, 9.17) is 16.3 Å². The molecule has 0 bridgehead atoms. The van der Waals surface area contributed by atoms with Crippen LogP contribution in [0.5, 0.6) is 11.5 Å². The summed E-state index contributed by atoms with van der Waals surface area (Å²) in [7, 11) is 1.82. The molecule has 136 valence electrons. The van der Waals surface area contributed by atoms with E-state index in [0.717, 1.165) is 11.1 Å². The highest BCUT2D eigenvalue weighted by Crippen LogP contribution is 2.42. The zero-order chi connectivity index (χ0) is 18.6. The number of ether oxygens (including phenoxy) is 1. The van der Waals surface area contributed by atoms with Crippen molar-refractivity contribution in [3.05, 3.63) is 46.1 Å². The summed E-state index contributed by atoms with van der Waals surface area (Å²) in [6, 6.07) is 8.60. The van der Waals surface area contributed by atoms with E-state index in [1.165, 1.54) is 6.07 Å². The minimum atomic E-state index is -1.35. The summed E-state index contributed by atoms with van der Waals surface area (Å²) in [5.74, 6) is 0.233. The van der Waals surface area contributed by atoms with Crippen molar-refractivity contribution in [3.8, 4) is 11.5 Å². The summed E-state index contributed by atoms with van der Waals surface area (Å²) < 4.78 is 7.67. The average molecular weight is 376 g/mol. The zero-order valence-corrected chi connectivity index (χ0v) is 14.8. The lowest BCUT2D eigenvalue weighted by atomic mass is 9.96. The first-order chi connectivity index (χ1) is 12.4. The van der Waals surface area contributed by atoms with Crippen molar-refractivity contribution in [1.82, 2.24) is 4.57 Å². The van der Waals surface area contributed by atoms with Crippen LogP contribution >= 0.6 is 11.6 Å². The monoisotopic (exact) mass is 375 g/mol. The average Bonchev–Trinajstić information content (AvgIpc) is 3.08. The highest BCUT2D eigenvalue weighted by molar-refractivity contribution is 6.24. The number of phenolic OH excluding ortho intramolecular Hbond substituents is 1. The molecule has 2 heterocycles. The largest absolute Gasteiger partial charge is 0.507 e. The first kappa shape index (κ1) is 17.1. The minimum Gasteiger partial charge on any atom is -0.507 e. The van der Waals surface area contributed by atoms with Crippen molar-refractivity contribution in [2.24, 2.45) is 7.05 Å². The number of nitrogens with zero attached hydrogens (tertiary/aromatic N) is 1. The van der Waals surface area contributed by atoms with Gasteiger partial charge in [-0.1, -0.05) is 12.1 Å². The number of rotatable bonds is 3. The quantitative estimate of drug-likeness (QED) is 0.478. The predicted molar refractivity (Wildman–Crippen MR) is 99.2 cm³/mol. The van der Waals surface area contributed by atoms with Crippen molar-refractivity contribution in [1.29, 1.82) is 0 Å². The van der Waals surface area contributed by atoms with Crippen LogP contribution in [0.2, 0.25) is 0 Å². The van der Waals surface area contributed by atoms with Gasteiger partial charge in [0, 0.05) is 30.5 Å². The lowest BCUT2D eigenvalue weighted by Gasteiger charge is -2.28. The van der Waals surface area contributed by atoms with Crippen molar-refractivity contribution in [2.45, 2.75) is 17.4 Å². The molecule has 3 aromatic rings. The number of benzene rings is 2. The Bertz CT molecular complexity index is 1090. The molecule has 7 heteroatoms. The zero-order valence-electron chi connectivity index (χ0n) is 14.1. The normalized spacial score (nSPS) is 16.8. The molecule has 2 aromatic carbocycles. The maximum atomic E-state index is 12.9. The topological polar surface area (TPSA) is 91.9 Å². The van der Waals surface area contributed by atoms with Gasteiger partial charge in [0.25, 0.3) is 0 Å². The van der Waals surface area contributed by atoms with Gasteiger partial charge in [0.05, 0.1) is 29.6 Å². The molecule has 26 heavy (non-hydrogen) atoms. The van der Waals surface area contributed by atoms with Crippen LogP contribution in [-0.4, -0.2) is 44.1 Å². The van der Waals surface area contributed by atoms with Gasteiger partial charge in [-0.05, 0) is 12.1 Å². The summed E-state index contributed by atoms with van der Waals surface area (Å²) in [5, 5.41) is 30.3. The van der Waals surface area contributed by atoms with Crippen LogP contribution in [0.25, 0.3) is 21.8 Å². The summed E-state index contributed by atoms with van der Waals surface area (Å²) in [5.41, 5.74) is 1.78. The summed E-state index contributed by atoms with van der Waals surface area (Å²) >= 11 is 6.31. The van der Waals surface area contributed by atoms with E-state index in [1.807, 2.05) is 23.7 Å². The third-order valence-corrected chi connectivity index (χ3v) is 5.66. The number of pyridine rings is 1. The Balaban J connectivity index is 2.04. The highest BCUT2D eigenvalue weighted by atomic mass is 35.5. The molecule has 1 aliphatic rings. The number of fused-ring (bicyclic) bond motifs is 4. The van der Waals surface area contributed by atoms with Crippen LogP contribution in [0.4, 0.5) is 0 Å². The Kier molecular flexibility index (Phi) is 3.87. The molecule has 3 N–H and O–H groups in total. The molecule has 1 aliphatic heterocycles. The second-order valence-electron chi connectivity index (χ2n) is 6.66. The van der Waals surface area contributed by atoms with Gasteiger partial charge in [-0.25, -0.2) is 0 Å². The van der Waals surface area contributed by atoms with Gasteiger partial charge < -0.3 is 24.6 Å². The molecule has 0 amide bonds. The number of hydrogen-bond donors (Lipinski definition) is 3. The van der Waals surface area contributed by atoms with Crippen molar-refractivity contribution < 1.29 is 20.1 Å². The first-order valence-electron chi connectivity index (χ1n) is 8.25. The van der Waals surface area contributed by atoms with Crippen molar-refractivity contribution in [2.75, 3.05) is 13.2 Å². The predicted octanol–water partition coefficient (Wildman–Crippen LogP) is 1.66. The van der Waals surface area contributed by atoms with Gasteiger partial charge in [0.2, 0.25) is 5.43 Å². The van der Waals surface area contributed by atoms with Gasteiger partial charge in [-0.15, -0.1) is 11.6 Å². The van der Waals surface area contributed by atoms with Gasteiger partial charge in [-0.2, -0.15) is 0 Å². The van der Waals surface area contributed by atoms with Crippen LogP contribution in [0.3, 0.4) is 0 Å². The number of aryl methyl sites for hydroxylation is 1. The van der Waals surface area contributed by atoms with E-state index in [0.29, 0.717) is 23.1 Å². The van der Waals surface area contributed by atoms with E-state index < -0.39 is 24.2 Å².